The molecule has 0 bridgehead atoms. The number of amides is 2. The minimum absolute atomic E-state index is 0.115. The van der Waals surface area contributed by atoms with Crippen molar-refractivity contribution in [2.45, 2.75) is 6.54 Å². The van der Waals surface area contributed by atoms with Crippen molar-refractivity contribution in [3.63, 3.8) is 0 Å². The first-order valence-corrected chi connectivity index (χ1v) is 5.10. The number of rotatable bonds is 2. The Balaban J connectivity index is 2.79. The van der Waals surface area contributed by atoms with Gasteiger partial charge in [0.15, 0.2) is 0 Å². The molecule has 0 aromatic heterocycles. The van der Waals surface area contributed by atoms with Crippen molar-refractivity contribution in [1.82, 2.24) is 10.6 Å². The summed E-state index contributed by atoms with van der Waals surface area (Å²) in [5.41, 5.74) is 6.31. The van der Waals surface area contributed by atoms with Crippen LogP contribution in [0.3, 0.4) is 0 Å². The van der Waals surface area contributed by atoms with Crippen LogP contribution in [0.15, 0.2) is 18.2 Å². The van der Waals surface area contributed by atoms with Crippen LogP contribution in [-0.4, -0.2) is 19.6 Å². The fraction of sp³-hybridized carbons (Fsp3) is 0.250. The molecular formula is C12H14FN3O. The van der Waals surface area contributed by atoms with Crippen LogP contribution >= 0.6 is 0 Å². The van der Waals surface area contributed by atoms with E-state index in [1.807, 2.05) is 0 Å². The first-order chi connectivity index (χ1) is 8.17. The molecule has 0 atom stereocenters. The monoisotopic (exact) mass is 235 g/mol. The van der Waals surface area contributed by atoms with Crippen LogP contribution in [0.25, 0.3) is 0 Å². The standard InChI is InChI=1S/C12H14FN3O/c1-15-12(17)16-8-10-7-9(3-2-6-14)4-5-11(10)13/h4-5,7H,6,8,14H2,1H3,(H2,15,16,17). The summed E-state index contributed by atoms with van der Waals surface area (Å²) in [4.78, 5) is 11.0. The molecule has 0 unspecified atom stereocenters. The predicted octanol–water partition coefficient (Wildman–Crippen LogP) is 0.565. The van der Waals surface area contributed by atoms with Gasteiger partial charge in [-0.2, -0.15) is 0 Å². The Morgan fingerprint density at radius 1 is 1.53 bits per heavy atom. The molecule has 2 amide bonds. The molecule has 0 spiro atoms. The zero-order chi connectivity index (χ0) is 12.7. The summed E-state index contributed by atoms with van der Waals surface area (Å²) in [6, 6.07) is 4.12. The SMILES string of the molecule is CNC(=O)NCc1cc(C#CCN)ccc1F. The van der Waals surface area contributed by atoms with Gasteiger partial charge in [-0.05, 0) is 18.2 Å². The van der Waals surface area contributed by atoms with Gasteiger partial charge < -0.3 is 16.4 Å². The van der Waals surface area contributed by atoms with E-state index in [0.29, 0.717) is 11.1 Å². The largest absolute Gasteiger partial charge is 0.341 e. The summed E-state index contributed by atoms with van der Waals surface area (Å²) < 4.78 is 13.4. The molecule has 0 heterocycles. The van der Waals surface area contributed by atoms with Crippen LogP contribution in [0, 0.1) is 17.7 Å². The van der Waals surface area contributed by atoms with E-state index >= 15 is 0 Å². The van der Waals surface area contributed by atoms with E-state index in [4.69, 9.17) is 5.73 Å². The lowest BCUT2D eigenvalue weighted by molar-refractivity contribution is 0.242. The number of benzene rings is 1. The first-order valence-electron chi connectivity index (χ1n) is 5.10. The smallest absolute Gasteiger partial charge is 0.314 e. The molecule has 0 saturated carbocycles. The van der Waals surface area contributed by atoms with Gasteiger partial charge in [0.25, 0.3) is 0 Å². The molecule has 0 aliphatic carbocycles. The number of carbonyl (C=O) groups excluding carboxylic acids is 1. The lowest BCUT2D eigenvalue weighted by atomic mass is 10.1. The minimum Gasteiger partial charge on any atom is -0.341 e. The topological polar surface area (TPSA) is 67.2 Å². The number of hydrogen-bond acceptors (Lipinski definition) is 2. The van der Waals surface area contributed by atoms with Crippen molar-refractivity contribution in [1.29, 1.82) is 0 Å². The van der Waals surface area contributed by atoms with Crippen LogP contribution in [0.1, 0.15) is 11.1 Å². The minimum atomic E-state index is -0.375. The molecule has 4 N–H and O–H groups in total. The van der Waals surface area contributed by atoms with Gasteiger partial charge in [0.2, 0.25) is 0 Å². The molecule has 0 aliphatic heterocycles. The third-order valence-corrected chi connectivity index (χ3v) is 2.05. The Morgan fingerprint density at radius 2 is 2.29 bits per heavy atom. The number of hydrogen-bond donors (Lipinski definition) is 3. The Kier molecular flexibility index (Phi) is 4.98. The van der Waals surface area contributed by atoms with E-state index in [1.165, 1.54) is 13.1 Å². The lowest BCUT2D eigenvalue weighted by Crippen LogP contribution is -2.32. The second-order valence-corrected chi connectivity index (χ2v) is 3.24. The van der Waals surface area contributed by atoms with Gasteiger partial charge in [0, 0.05) is 24.7 Å². The Labute approximate surface area is 99.4 Å². The van der Waals surface area contributed by atoms with Crippen molar-refractivity contribution < 1.29 is 9.18 Å². The summed E-state index contributed by atoms with van der Waals surface area (Å²) in [6.45, 7) is 0.368. The number of nitrogens with two attached hydrogens (primary N) is 1. The van der Waals surface area contributed by atoms with Crippen molar-refractivity contribution in [3.05, 3.63) is 35.1 Å². The average molecular weight is 235 g/mol. The van der Waals surface area contributed by atoms with Gasteiger partial charge in [-0.25, -0.2) is 9.18 Å². The summed E-state index contributed by atoms with van der Waals surface area (Å²) in [7, 11) is 1.49. The van der Waals surface area contributed by atoms with Crippen LogP contribution in [0.4, 0.5) is 9.18 Å². The second kappa shape index (κ2) is 6.51. The molecule has 1 aromatic carbocycles. The van der Waals surface area contributed by atoms with Crippen molar-refractivity contribution in [2.75, 3.05) is 13.6 Å². The Hall–Kier alpha value is -2.06. The highest BCUT2D eigenvalue weighted by Gasteiger charge is 2.04. The lowest BCUT2D eigenvalue weighted by Gasteiger charge is -2.06. The zero-order valence-electron chi connectivity index (χ0n) is 9.51. The second-order valence-electron chi connectivity index (χ2n) is 3.24. The molecule has 90 valence electrons. The van der Waals surface area contributed by atoms with Gasteiger partial charge >= 0.3 is 6.03 Å². The molecule has 0 saturated heterocycles. The highest BCUT2D eigenvalue weighted by molar-refractivity contribution is 5.73. The molecule has 4 nitrogen and oxygen atoms in total. The van der Waals surface area contributed by atoms with E-state index in [0.717, 1.165) is 0 Å². The number of carbonyl (C=O) groups is 1. The molecule has 0 aliphatic rings. The van der Waals surface area contributed by atoms with Gasteiger partial charge in [0.1, 0.15) is 5.82 Å². The molecule has 0 radical (unpaired) electrons. The first kappa shape index (κ1) is 13.0. The maximum Gasteiger partial charge on any atom is 0.314 e. The Bertz CT molecular complexity index is 463. The van der Waals surface area contributed by atoms with Crippen molar-refractivity contribution in [3.8, 4) is 11.8 Å². The number of urea groups is 1. The van der Waals surface area contributed by atoms with Crippen molar-refractivity contribution in [2.24, 2.45) is 5.73 Å². The van der Waals surface area contributed by atoms with E-state index < -0.39 is 0 Å². The normalized spacial score (nSPS) is 9.12. The number of nitrogens with one attached hydrogen (secondary N) is 2. The number of halogens is 1. The third kappa shape index (κ3) is 4.13. The van der Waals surface area contributed by atoms with Gasteiger partial charge in [-0.1, -0.05) is 11.8 Å². The molecule has 1 aromatic rings. The molecule has 0 fully saturated rings. The van der Waals surface area contributed by atoms with Gasteiger partial charge in [-0.15, -0.1) is 0 Å². The fourth-order valence-electron chi connectivity index (χ4n) is 1.20. The maximum absolute atomic E-state index is 13.4. The predicted molar refractivity (Wildman–Crippen MR) is 63.6 cm³/mol. The van der Waals surface area contributed by atoms with E-state index in [-0.39, 0.29) is 24.9 Å². The fourth-order valence-corrected chi connectivity index (χ4v) is 1.20. The van der Waals surface area contributed by atoms with Crippen LogP contribution in [0.5, 0.6) is 0 Å². The van der Waals surface area contributed by atoms with Crippen molar-refractivity contribution >= 4 is 6.03 Å². The van der Waals surface area contributed by atoms with Gasteiger partial charge in [-0.3, -0.25) is 0 Å². The summed E-state index contributed by atoms with van der Waals surface area (Å²) in [5, 5.41) is 4.90. The summed E-state index contributed by atoms with van der Waals surface area (Å²) in [6.07, 6.45) is 0. The zero-order valence-corrected chi connectivity index (χ0v) is 9.51. The van der Waals surface area contributed by atoms with E-state index in [2.05, 4.69) is 22.5 Å². The molecular weight excluding hydrogens is 221 g/mol. The Morgan fingerprint density at radius 3 is 2.94 bits per heavy atom. The highest BCUT2D eigenvalue weighted by atomic mass is 19.1. The highest BCUT2D eigenvalue weighted by Crippen LogP contribution is 2.09. The molecule has 5 heteroatoms. The molecule has 17 heavy (non-hydrogen) atoms. The summed E-state index contributed by atoms with van der Waals surface area (Å²) in [5.74, 6) is 5.11. The van der Waals surface area contributed by atoms with Crippen LogP contribution in [0.2, 0.25) is 0 Å². The maximum atomic E-state index is 13.4. The van der Waals surface area contributed by atoms with Gasteiger partial charge in [0.05, 0.1) is 6.54 Å². The van der Waals surface area contributed by atoms with E-state index in [9.17, 15) is 9.18 Å². The average Bonchev–Trinajstić information content (AvgIpc) is 2.35. The van der Waals surface area contributed by atoms with Crippen LogP contribution < -0.4 is 16.4 Å². The third-order valence-electron chi connectivity index (χ3n) is 2.05. The molecule has 1 rings (SSSR count). The summed E-state index contributed by atoms with van der Waals surface area (Å²) >= 11 is 0. The van der Waals surface area contributed by atoms with Crippen LogP contribution in [-0.2, 0) is 6.54 Å². The quantitative estimate of drug-likeness (QED) is 0.656. The van der Waals surface area contributed by atoms with E-state index in [1.54, 1.807) is 12.1 Å².